The molecule has 0 aromatic rings. The third-order valence-corrected chi connectivity index (χ3v) is 4.50. The molecule has 2 fully saturated rings. The highest BCUT2D eigenvalue weighted by Gasteiger charge is 2.38. The lowest BCUT2D eigenvalue weighted by Crippen LogP contribution is -2.70. The van der Waals surface area contributed by atoms with E-state index in [1.54, 1.807) is 14.0 Å². The van der Waals surface area contributed by atoms with Crippen LogP contribution in [0.2, 0.25) is 0 Å². The minimum Gasteiger partial charge on any atom is -0.463 e. The fourth-order valence-electron chi connectivity index (χ4n) is 2.75. The van der Waals surface area contributed by atoms with Crippen molar-refractivity contribution in [3.8, 4) is 0 Å². The Morgan fingerprint density at radius 1 is 1.29 bits per heavy atom. The highest BCUT2D eigenvalue weighted by atomic mass is 16.5. The van der Waals surface area contributed by atoms with Crippen LogP contribution in [-0.4, -0.2) is 56.7 Å². The fraction of sp³-hybridized carbons (Fsp3) is 0.867. The van der Waals surface area contributed by atoms with E-state index in [-0.39, 0.29) is 17.4 Å². The van der Waals surface area contributed by atoms with E-state index in [2.05, 4.69) is 10.6 Å². The zero-order chi connectivity index (χ0) is 15.3. The first-order chi connectivity index (χ1) is 10.1. The number of hydrogen-bond acceptors (Lipinski definition) is 6. The molecule has 120 valence electrons. The molecule has 0 aliphatic carbocycles. The molecule has 2 atom stereocenters. The second-order valence-electron chi connectivity index (χ2n) is 6.14. The van der Waals surface area contributed by atoms with E-state index in [9.17, 15) is 9.59 Å². The molecule has 21 heavy (non-hydrogen) atoms. The first kappa shape index (κ1) is 16.4. The lowest BCUT2D eigenvalue weighted by molar-refractivity contribution is -0.154. The molecule has 2 N–H and O–H groups in total. The summed E-state index contributed by atoms with van der Waals surface area (Å²) in [6, 6.07) is 0. The summed E-state index contributed by atoms with van der Waals surface area (Å²) in [7, 11) is 1.68. The Labute approximate surface area is 125 Å². The van der Waals surface area contributed by atoms with Crippen LogP contribution in [0.25, 0.3) is 0 Å². The van der Waals surface area contributed by atoms with Crippen molar-refractivity contribution in [2.24, 2.45) is 5.92 Å². The zero-order valence-corrected chi connectivity index (χ0v) is 12.9. The highest BCUT2D eigenvalue weighted by molar-refractivity contribution is 5.98. The Morgan fingerprint density at radius 3 is 2.67 bits per heavy atom. The summed E-state index contributed by atoms with van der Waals surface area (Å²) in [5.41, 5.74) is -0.172. The number of nitrogens with one attached hydrogen (secondary N) is 2. The maximum Gasteiger partial charge on any atom is 0.316 e. The van der Waals surface area contributed by atoms with Crippen LogP contribution in [0.1, 0.15) is 32.6 Å². The number of carbonyl (C=O) groups is 2. The fourth-order valence-corrected chi connectivity index (χ4v) is 2.75. The van der Waals surface area contributed by atoms with Crippen molar-refractivity contribution in [3.05, 3.63) is 0 Å². The number of Topliss-reactive ketones (excluding diaryl/α,β-unsaturated/α-hetero) is 1. The molecule has 2 aliphatic rings. The Morgan fingerprint density at radius 2 is 2.05 bits per heavy atom. The van der Waals surface area contributed by atoms with Crippen LogP contribution >= 0.6 is 0 Å². The molecular weight excluding hydrogens is 272 g/mol. The van der Waals surface area contributed by atoms with Gasteiger partial charge in [0.25, 0.3) is 0 Å². The number of esters is 1. The van der Waals surface area contributed by atoms with Gasteiger partial charge in [0.15, 0.2) is 0 Å². The number of hydrogen-bond donors (Lipinski definition) is 2. The first-order valence-corrected chi connectivity index (χ1v) is 7.74. The van der Waals surface area contributed by atoms with Gasteiger partial charge in [0.05, 0.1) is 11.6 Å². The summed E-state index contributed by atoms with van der Waals surface area (Å²) < 4.78 is 10.8. The molecule has 0 radical (unpaired) electrons. The third kappa shape index (κ3) is 4.25. The number of ether oxygens (including phenoxy) is 2. The molecule has 2 unspecified atom stereocenters. The van der Waals surface area contributed by atoms with E-state index >= 15 is 0 Å². The van der Waals surface area contributed by atoms with Crippen molar-refractivity contribution in [1.82, 2.24) is 10.6 Å². The standard InChI is InChI=1S/C15H26N2O4/c1-11-13(18)6-5-12(20-2)4-3-7-17-15(8-16-9-15)10-21-14(11)19/h11-12,16-17H,3-10H2,1-2H3. The van der Waals surface area contributed by atoms with Crippen LogP contribution in [0.4, 0.5) is 0 Å². The summed E-state index contributed by atoms with van der Waals surface area (Å²) in [5.74, 6) is -1.16. The second-order valence-corrected chi connectivity index (χ2v) is 6.14. The minimum absolute atomic E-state index is 0.0601. The van der Waals surface area contributed by atoms with E-state index < -0.39 is 11.9 Å². The number of carbonyl (C=O) groups excluding carboxylic acids is 2. The molecule has 0 saturated carbocycles. The SMILES string of the molecule is COC1CCCNC2(CNC2)COC(=O)C(C)C(=O)CC1. The maximum atomic E-state index is 12.0. The van der Waals surface area contributed by atoms with Crippen molar-refractivity contribution >= 4 is 11.8 Å². The Balaban J connectivity index is 2.00. The van der Waals surface area contributed by atoms with Gasteiger partial charge in [-0.05, 0) is 32.7 Å². The molecule has 0 aromatic heterocycles. The predicted octanol–water partition coefficient (Wildman–Crippen LogP) is 0.255. The van der Waals surface area contributed by atoms with Gasteiger partial charge in [0.2, 0.25) is 0 Å². The van der Waals surface area contributed by atoms with E-state index in [1.807, 2.05) is 0 Å². The number of ketones is 1. The smallest absolute Gasteiger partial charge is 0.316 e. The molecule has 2 heterocycles. The molecule has 2 aliphatic heterocycles. The summed E-state index contributed by atoms with van der Waals surface area (Å²) in [5, 5.41) is 6.69. The van der Waals surface area contributed by atoms with Crippen LogP contribution in [0.5, 0.6) is 0 Å². The monoisotopic (exact) mass is 298 g/mol. The molecular formula is C15H26N2O4. The number of methoxy groups -OCH3 is 1. The summed E-state index contributed by atoms with van der Waals surface area (Å²) in [6.45, 7) is 4.39. The second kappa shape index (κ2) is 7.33. The maximum absolute atomic E-state index is 12.0. The molecule has 0 bridgehead atoms. The summed E-state index contributed by atoms with van der Waals surface area (Å²) >= 11 is 0. The average Bonchev–Trinajstić information content (AvgIpc) is 2.46. The molecule has 1 spiro atoms. The van der Waals surface area contributed by atoms with Gasteiger partial charge in [0, 0.05) is 26.6 Å². The van der Waals surface area contributed by atoms with Crippen molar-refractivity contribution in [2.45, 2.75) is 44.2 Å². The quantitative estimate of drug-likeness (QED) is 0.534. The van der Waals surface area contributed by atoms with Gasteiger partial charge >= 0.3 is 5.97 Å². The van der Waals surface area contributed by atoms with Crippen LogP contribution in [-0.2, 0) is 19.1 Å². The van der Waals surface area contributed by atoms with Gasteiger partial charge in [-0.3, -0.25) is 9.59 Å². The largest absolute Gasteiger partial charge is 0.463 e. The molecule has 2 saturated heterocycles. The normalized spacial score (nSPS) is 31.5. The number of rotatable bonds is 1. The molecule has 0 aromatic carbocycles. The van der Waals surface area contributed by atoms with Gasteiger partial charge in [0.1, 0.15) is 18.3 Å². The van der Waals surface area contributed by atoms with E-state index in [1.165, 1.54) is 0 Å². The zero-order valence-electron chi connectivity index (χ0n) is 12.9. The highest BCUT2D eigenvalue weighted by Crippen LogP contribution is 2.17. The van der Waals surface area contributed by atoms with E-state index in [0.29, 0.717) is 19.4 Å². The van der Waals surface area contributed by atoms with Gasteiger partial charge in [-0.2, -0.15) is 0 Å². The lowest BCUT2D eigenvalue weighted by atomic mass is 9.93. The van der Waals surface area contributed by atoms with Crippen molar-refractivity contribution < 1.29 is 19.1 Å². The third-order valence-electron chi connectivity index (χ3n) is 4.50. The molecule has 6 heteroatoms. The first-order valence-electron chi connectivity index (χ1n) is 7.74. The van der Waals surface area contributed by atoms with E-state index in [4.69, 9.17) is 9.47 Å². The van der Waals surface area contributed by atoms with Crippen LogP contribution in [0.15, 0.2) is 0 Å². The van der Waals surface area contributed by atoms with Crippen molar-refractivity contribution in [2.75, 3.05) is 33.4 Å². The topological polar surface area (TPSA) is 76.7 Å². The molecule has 6 nitrogen and oxygen atoms in total. The van der Waals surface area contributed by atoms with Gasteiger partial charge < -0.3 is 20.1 Å². The Bertz CT molecular complexity index is 382. The summed E-state index contributed by atoms with van der Waals surface area (Å²) in [4.78, 5) is 24.0. The molecule has 0 amide bonds. The Hall–Kier alpha value is -0.980. The summed E-state index contributed by atoms with van der Waals surface area (Å²) in [6.07, 6.45) is 3.02. The van der Waals surface area contributed by atoms with Crippen molar-refractivity contribution in [3.63, 3.8) is 0 Å². The predicted molar refractivity (Wildman–Crippen MR) is 78.0 cm³/mol. The lowest BCUT2D eigenvalue weighted by Gasteiger charge is -2.43. The minimum atomic E-state index is -0.687. The van der Waals surface area contributed by atoms with Gasteiger partial charge in [-0.1, -0.05) is 0 Å². The molecule has 2 rings (SSSR count). The van der Waals surface area contributed by atoms with Crippen LogP contribution in [0.3, 0.4) is 0 Å². The van der Waals surface area contributed by atoms with Gasteiger partial charge in [-0.25, -0.2) is 0 Å². The number of cyclic esters (lactones) is 1. The van der Waals surface area contributed by atoms with Gasteiger partial charge in [-0.15, -0.1) is 0 Å². The van der Waals surface area contributed by atoms with Crippen LogP contribution in [0, 0.1) is 5.92 Å². The average molecular weight is 298 g/mol. The Kier molecular flexibility index (Phi) is 5.72. The van der Waals surface area contributed by atoms with Crippen LogP contribution < -0.4 is 10.6 Å². The van der Waals surface area contributed by atoms with Crippen molar-refractivity contribution in [1.29, 1.82) is 0 Å². The van der Waals surface area contributed by atoms with E-state index in [0.717, 1.165) is 32.5 Å².